The van der Waals surface area contributed by atoms with Gasteiger partial charge in [0.15, 0.2) is 0 Å². The molecule has 1 aromatic rings. The molecular weight excluding hydrogens is 200 g/mol. The summed E-state index contributed by atoms with van der Waals surface area (Å²) < 4.78 is 25.6. The molecule has 1 unspecified atom stereocenters. The van der Waals surface area contributed by atoms with Gasteiger partial charge in [-0.05, 0) is 43.5 Å². The maximum Gasteiger partial charge on any atom is 0.126 e. The Morgan fingerprint density at radius 2 is 1.73 bits per heavy atom. The summed E-state index contributed by atoms with van der Waals surface area (Å²) in [6.45, 7) is 0.415. The first-order valence-electron chi connectivity index (χ1n) is 4.95. The minimum Gasteiger partial charge on any atom is -0.393 e. The maximum atomic E-state index is 12.8. The minimum atomic E-state index is -0.585. The molecule has 84 valence electrons. The van der Waals surface area contributed by atoms with Gasteiger partial charge in [-0.15, -0.1) is 0 Å². The number of halogens is 2. The zero-order valence-corrected chi connectivity index (χ0v) is 8.42. The number of rotatable bonds is 5. The molecule has 0 aliphatic rings. The molecule has 15 heavy (non-hydrogen) atoms. The molecule has 0 saturated carbocycles. The minimum absolute atomic E-state index is 0.415. The van der Waals surface area contributed by atoms with Crippen LogP contribution < -0.4 is 5.73 Å². The lowest BCUT2D eigenvalue weighted by atomic mass is 10.0. The van der Waals surface area contributed by atoms with Gasteiger partial charge >= 0.3 is 0 Å². The molecule has 0 aliphatic carbocycles. The highest BCUT2D eigenvalue weighted by Gasteiger charge is 2.05. The second-order valence-electron chi connectivity index (χ2n) is 3.55. The van der Waals surface area contributed by atoms with Gasteiger partial charge in [0.05, 0.1) is 6.10 Å². The summed E-state index contributed by atoms with van der Waals surface area (Å²) in [5, 5.41) is 9.38. The zero-order chi connectivity index (χ0) is 11.3. The molecule has 0 aromatic heterocycles. The Morgan fingerprint density at radius 1 is 1.13 bits per heavy atom. The van der Waals surface area contributed by atoms with Gasteiger partial charge in [-0.25, -0.2) is 8.78 Å². The quantitative estimate of drug-likeness (QED) is 0.783. The van der Waals surface area contributed by atoms with Crippen LogP contribution in [0.5, 0.6) is 0 Å². The molecule has 0 radical (unpaired) electrons. The van der Waals surface area contributed by atoms with Crippen LogP contribution in [-0.2, 0) is 6.42 Å². The first-order valence-corrected chi connectivity index (χ1v) is 4.95. The third-order valence-corrected chi connectivity index (χ3v) is 2.19. The van der Waals surface area contributed by atoms with E-state index in [0.717, 1.165) is 6.07 Å². The average molecular weight is 215 g/mol. The Labute approximate surface area is 87.7 Å². The van der Waals surface area contributed by atoms with E-state index >= 15 is 0 Å². The average Bonchev–Trinajstić information content (AvgIpc) is 2.14. The van der Waals surface area contributed by atoms with E-state index < -0.39 is 17.7 Å². The molecule has 0 bridgehead atoms. The standard InChI is InChI=1S/C11H15F2NO/c12-9-5-8(6-10(13)7-9)1-2-11(15)3-4-14/h5-7,11,15H,1-4,14H2. The highest BCUT2D eigenvalue weighted by atomic mass is 19.1. The van der Waals surface area contributed by atoms with Crippen LogP contribution in [0.15, 0.2) is 18.2 Å². The van der Waals surface area contributed by atoms with Gasteiger partial charge in [0.25, 0.3) is 0 Å². The second kappa shape index (κ2) is 5.78. The lowest BCUT2D eigenvalue weighted by Gasteiger charge is -2.08. The van der Waals surface area contributed by atoms with E-state index in [1.54, 1.807) is 0 Å². The molecule has 1 atom stereocenters. The number of hydrogen-bond donors (Lipinski definition) is 2. The Balaban J connectivity index is 2.50. The molecule has 0 aliphatic heterocycles. The third kappa shape index (κ3) is 4.36. The smallest absolute Gasteiger partial charge is 0.126 e. The number of nitrogens with two attached hydrogens (primary N) is 1. The number of aliphatic hydroxyl groups is 1. The van der Waals surface area contributed by atoms with Gasteiger partial charge in [0, 0.05) is 6.07 Å². The molecule has 0 heterocycles. The molecule has 4 heteroatoms. The number of benzene rings is 1. The predicted molar refractivity (Wildman–Crippen MR) is 54.4 cm³/mol. The molecule has 3 N–H and O–H groups in total. The van der Waals surface area contributed by atoms with Crippen LogP contribution in [0.2, 0.25) is 0 Å². The summed E-state index contributed by atoms with van der Waals surface area (Å²) in [4.78, 5) is 0. The van der Waals surface area contributed by atoms with Crippen molar-refractivity contribution in [2.24, 2.45) is 5.73 Å². The molecule has 1 aromatic carbocycles. The highest BCUT2D eigenvalue weighted by Crippen LogP contribution is 2.11. The first kappa shape index (κ1) is 12.1. The fraction of sp³-hybridized carbons (Fsp3) is 0.455. The number of aliphatic hydroxyl groups excluding tert-OH is 1. The van der Waals surface area contributed by atoms with Crippen molar-refractivity contribution < 1.29 is 13.9 Å². The van der Waals surface area contributed by atoms with Gasteiger partial charge in [-0.1, -0.05) is 0 Å². The lowest BCUT2D eigenvalue weighted by Crippen LogP contribution is -2.14. The van der Waals surface area contributed by atoms with E-state index in [9.17, 15) is 13.9 Å². The SMILES string of the molecule is NCCC(O)CCc1cc(F)cc(F)c1. The summed E-state index contributed by atoms with van der Waals surface area (Å²) in [5.41, 5.74) is 5.83. The van der Waals surface area contributed by atoms with Gasteiger partial charge in [0.2, 0.25) is 0 Å². The molecule has 0 saturated heterocycles. The van der Waals surface area contributed by atoms with Gasteiger partial charge in [-0.3, -0.25) is 0 Å². The monoisotopic (exact) mass is 215 g/mol. The van der Waals surface area contributed by atoms with E-state index in [1.165, 1.54) is 12.1 Å². The van der Waals surface area contributed by atoms with Gasteiger partial charge in [-0.2, -0.15) is 0 Å². The van der Waals surface area contributed by atoms with Crippen molar-refractivity contribution in [2.45, 2.75) is 25.4 Å². The molecule has 1 rings (SSSR count). The lowest BCUT2D eigenvalue weighted by molar-refractivity contribution is 0.157. The Hall–Kier alpha value is -1.00. The summed E-state index contributed by atoms with van der Waals surface area (Å²) in [6.07, 6.45) is 0.939. The summed E-state index contributed by atoms with van der Waals surface area (Å²) >= 11 is 0. The van der Waals surface area contributed by atoms with Crippen LogP contribution in [0.3, 0.4) is 0 Å². The van der Waals surface area contributed by atoms with Crippen LogP contribution in [0, 0.1) is 11.6 Å². The van der Waals surface area contributed by atoms with Gasteiger partial charge in [0.1, 0.15) is 11.6 Å². The van der Waals surface area contributed by atoms with Crippen molar-refractivity contribution in [2.75, 3.05) is 6.54 Å². The van der Waals surface area contributed by atoms with E-state index in [0.29, 0.717) is 31.4 Å². The first-order chi connectivity index (χ1) is 7.11. The number of aryl methyl sites for hydroxylation is 1. The second-order valence-corrected chi connectivity index (χ2v) is 3.55. The summed E-state index contributed by atoms with van der Waals surface area (Å²) in [7, 11) is 0. The molecule has 0 spiro atoms. The van der Waals surface area contributed by atoms with E-state index in [2.05, 4.69) is 0 Å². The van der Waals surface area contributed by atoms with Crippen molar-refractivity contribution in [1.82, 2.24) is 0 Å². The predicted octanol–water partition coefficient (Wildman–Crippen LogP) is 1.61. The van der Waals surface area contributed by atoms with Crippen molar-refractivity contribution >= 4 is 0 Å². The Bertz CT molecular complexity index is 297. The van der Waals surface area contributed by atoms with Crippen LogP contribution >= 0.6 is 0 Å². The molecule has 0 fully saturated rings. The third-order valence-electron chi connectivity index (χ3n) is 2.19. The van der Waals surface area contributed by atoms with Crippen molar-refractivity contribution in [1.29, 1.82) is 0 Å². The number of hydrogen-bond acceptors (Lipinski definition) is 2. The summed E-state index contributed by atoms with van der Waals surface area (Å²) in [5.74, 6) is -1.17. The van der Waals surface area contributed by atoms with E-state index in [-0.39, 0.29) is 0 Å². The summed E-state index contributed by atoms with van der Waals surface area (Å²) in [6, 6.07) is 3.39. The zero-order valence-electron chi connectivity index (χ0n) is 8.42. The van der Waals surface area contributed by atoms with Crippen LogP contribution in [0.25, 0.3) is 0 Å². The largest absolute Gasteiger partial charge is 0.393 e. The fourth-order valence-electron chi connectivity index (χ4n) is 1.43. The van der Waals surface area contributed by atoms with E-state index in [1.807, 2.05) is 0 Å². The normalized spacial score (nSPS) is 12.8. The Morgan fingerprint density at radius 3 is 2.27 bits per heavy atom. The van der Waals surface area contributed by atoms with Gasteiger partial charge < -0.3 is 10.8 Å². The van der Waals surface area contributed by atoms with Crippen LogP contribution in [-0.4, -0.2) is 17.8 Å². The fourth-order valence-corrected chi connectivity index (χ4v) is 1.43. The molecule has 0 amide bonds. The van der Waals surface area contributed by atoms with E-state index in [4.69, 9.17) is 5.73 Å². The topological polar surface area (TPSA) is 46.2 Å². The van der Waals surface area contributed by atoms with Crippen molar-refractivity contribution in [3.8, 4) is 0 Å². The highest BCUT2D eigenvalue weighted by molar-refractivity contribution is 5.17. The Kier molecular flexibility index (Phi) is 4.65. The van der Waals surface area contributed by atoms with Crippen molar-refractivity contribution in [3.05, 3.63) is 35.4 Å². The molecular formula is C11H15F2NO. The van der Waals surface area contributed by atoms with Crippen molar-refractivity contribution in [3.63, 3.8) is 0 Å². The van der Waals surface area contributed by atoms with Crippen LogP contribution in [0.1, 0.15) is 18.4 Å². The van der Waals surface area contributed by atoms with Crippen LogP contribution in [0.4, 0.5) is 8.78 Å². The molecule has 2 nitrogen and oxygen atoms in total. The maximum absolute atomic E-state index is 12.8.